The highest BCUT2D eigenvalue weighted by molar-refractivity contribution is 5.39. The van der Waals surface area contributed by atoms with Gasteiger partial charge < -0.3 is 5.11 Å². The monoisotopic (exact) mass is 148 g/mol. The zero-order chi connectivity index (χ0) is 8.27. The van der Waals surface area contributed by atoms with Crippen molar-refractivity contribution >= 4 is 0 Å². The second-order valence-corrected chi connectivity index (χ2v) is 2.57. The molecule has 1 aromatic rings. The molecule has 0 aliphatic rings. The van der Waals surface area contributed by atoms with Crippen LogP contribution in [-0.4, -0.2) is 5.11 Å². The summed E-state index contributed by atoms with van der Waals surface area (Å²) in [7, 11) is 0. The molecule has 0 aromatic heterocycles. The quantitative estimate of drug-likeness (QED) is 0.638. The van der Waals surface area contributed by atoms with Gasteiger partial charge in [0.15, 0.2) is 0 Å². The van der Waals surface area contributed by atoms with E-state index in [1.165, 1.54) is 0 Å². The van der Waals surface area contributed by atoms with Crippen molar-refractivity contribution in [1.29, 1.82) is 0 Å². The Morgan fingerprint density at radius 3 is 2.82 bits per heavy atom. The average Bonchev–Trinajstić information content (AvgIpc) is 1.97. The number of aromatic hydroxyl groups is 1. The van der Waals surface area contributed by atoms with Gasteiger partial charge in [0, 0.05) is 5.56 Å². The van der Waals surface area contributed by atoms with Gasteiger partial charge in [-0.3, -0.25) is 0 Å². The van der Waals surface area contributed by atoms with E-state index < -0.39 is 0 Å². The van der Waals surface area contributed by atoms with Crippen LogP contribution in [0.2, 0.25) is 0 Å². The smallest absolute Gasteiger partial charge is 0.119 e. The largest absolute Gasteiger partial charge is 0.508 e. The van der Waals surface area contributed by atoms with Gasteiger partial charge in [-0.2, -0.15) is 0 Å². The Morgan fingerprint density at radius 2 is 2.27 bits per heavy atom. The molecular weight excluding hydrogens is 136 g/mol. The minimum atomic E-state index is 0.366. The molecule has 0 heterocycles. The fourth-order valence-corrected chi connectivity index (χ4v) is 1.10. The number of hydrogen-bond acceptors (Lipinski definition) is 1. The minimum Gasteiger partial charge on any atom is -0.508 e. The highest BCUT2D eigenvalue weighted by Crippen LogP contribution is 2.20. The summed E-state index contributed by atoms with van der Waals surface area (Å²) in [5, 5.41) is 9.37. The van der Waals surface area contributed by atoms with Gasteiger partial charge in [-0.15, -0.1) is 6.58 Å². The first-order chi connectivity index (χ1) is 5.25. The van der Waals surface area contributed by atoms with Crippen LogP contribution >= 0.6 is 0 Å². The van der Waals surface area contributed by atoms with E-state index in [2.05, 4.69) is 6.58 Å². The normalized spacial score (nSPS) is 9.55. The second kappa shape index (κ2) is 3.24. The van der Waals surface area contributed by atoms with Crippen molar-refractivity contribution in [2.45, 2.75) is 13.3 Å². The molecule has 1 rings (SSSR count). The summed E-state index contributed by atoms with van der Waals surface area (Å²) in [6.45, 7) is 5.61. The third-order valence-electron chi connectivity index (χ3n) is 1.73. The lowest BCUT2D eigenvalue weighted by atomic mass is 10.1. The van der Waals surface area contributed by atoms with Crippen LogP contribution < -0.4 is 0 Å². The van der Waals surface area contributed by atoms with Crippen molar-refractivity contribution in [2.75, 3.05) is 0 Å². The van der Waals surface area contributed by atoms with Crippen LogP contribution in [0.3, 0.4) is 0 Å². The number of rotatable bonds is 2. The molecule has 0 saturated heterocycles. The van der Waals surface area contributed by atoms with E-state index in [4.69, 9.17) is 0 Å². The predicted molar refractivity (Wildman–Crippen MR) is 46.7 cm³/mol. The Morgan fingerprint density at radius 1 is 1.55 bits per heavy atom. The maximum absolute atomic E-state index is 9.37. The zero-order valence-electron chi connectivity index (χ0n) is 6.67. The molecule has 0 fully saturated rings. The van der Waals surface area contributed by atoms with Gasteiger partial charge in [-0.25, -0.2) is 0 Å². The number of benzene rings is 1. The Kier molecular flexibility index (Phi) is 2.32. The summed E-state index contributed by atoms with van der Waals surface area (Å²) in [6.07, 6.45) is 2.53. The highest BCUT2D eigenvalue weighted by atomic mass is 16.3. The molecule has 0 aliphatic heterocycles. The second-order valence-electron chi connectivity index (χ2n) is 2.57. The van der Waals surface area contributed by atoms with Crippen LogP contribution in [0.1, 0.15) is 11.1 Å². The number of allylic oxidation sites excluding steroid dienone is 1. The molecule has 1 aromatic carbocycles. The SMILES string of the molecule is C=CCc1c(C)cccc1O. The van der Waals surface area contributed by atoms with Gasteiger partial charge in [0.05, 0.1) is 0 Å². The molecule has 0 bridgehead atoms. The van der Waals surface area contributed by atoms with E-state index in [0.717, 1.165) is 17.5 Å². The van der Waals surface area contributed by atoms with Crippen molar-refractivity contribution in [2.24, 2.45) is 0 Å². The van der Waals surface area contributed by atoms with E-state index in [1.54, 1.807) is 12.1 Å². The van der Waals surface area contributed by atoms with Crippen LogP contribution in [0.15, 0.2) is 30.9 Å². The Hall–Kier alpha value is -1.24. The summed E-state index contributed by atoms with van der Waals surface area (Å²) in [5.41, 5.74) is 2.09. The van der Waals surface area contributed by atoms with Crippen molar-refractivity contribution < 1.29 is 5.11 Å². The number of phenolic OH excluding ortho intramolecular Hbond substituents is 1. The molecule has 0 aliphatic carbocycles. The molecule has 0 saturated carbocycles. The van der Waals surface area contributed by atoms with E-state index in [9.17, 15) is 5.11 Å². The molecule has 11 heavy (non-hydrogen) atoms. The van der Waals surface area contributed by atoms with Crippen LogP contribution in [0.5, 0.6) is 5.75 Å². The Labute approximate surface area is 67.0 Å². The van der Waals surface area contributed by atoms with Crippen LogP contribution in [0, 0.1) is 6.92 Å². The minimum absolute atomic E-state index is 0.366. The molecule has 1 heteroatoms. The van der Waals surface area contributed by atoms with Gasteiger partial charge in [-0.05, 0) is 25.0 Å². The molecule has 0 atom stereocenters. The van der Waals surface area contributed by atoms with Crippen LogP contribution in [0.4, 0.5) is 0 Å². The maximum atomic E-state index is 9.37. The number of phenols is 1. The fourth-order valence-electron chi connectivity index (χ4n) is 1.10. The zero-order valence-corrected chi connectivity index (χ0v) is 6.67. The molecule has 1 N–H and O–H groups in total. The standard InChI is InChI=1S/C10H12O/c1-3-5-9-8(2)6-4-7-10(9)11/h3-4,6-7,11H,1,5H2,2H3. The highest BCUT2D eigenvalue weighted by Gasteiger charge is 2.00. The number of aryl methyl sites for hydroxylation is 1. The maximum Gasteiger partial charge on any atom is 0.119 e. The van der Waals surface area contributed by atoms with Gasteiger partial charge in [-0.1, -0.05) is 18.2 Å². The molecule has 0 radical (unpaired) electrons. The summed E-state index contributed by atoms with van der Waals surface area (Å²) in [4.78, 5) is 0. The lowest BCUT2D eigenvalue weighted by molar-refractivity contribution is 0.469. The Bertz CT molecular complexity index is 243. The van der Waals surface area contributed by atoms with E-state index in [1.807, 2.05) is 19.1 Å². The first kappa shape index (κ1) is 7.86. The summed E-state index contributed by atoms with van der Waals surface area (Å²) in [6, 6.07) is 5.53. The van der Waals surface area contributed by atoms with E-state index >= 15 is 0 Å². The molecule has 0 spiro atoms. The summed E-state index contributed by atoms with van der Waals surface area (Å²) in [5.74, 6) is 0.366. The van der Waals surface area contributed by atoms with Crippen LogP contribution in [-0.2, 0) is 6.42 Å². The molecule has 1 nitrogen and oxygen atoms in total. The van der Waals surface area contributed by atoms with Gasteiger partial charge in [0.1, 0.15) is 5.75 Å². The van der Waals surface area contributed by atoms with Crippen molar-refractivity contribution in [3.8, 4) is 5.75 Å². The first-order valence-electron chi connectivity index (χ1n) is 3.64. The van der Waals surface area contributed by atoms with Gasteiger partial charge >= 0.3 is 0 Å². The molecular formula is C10H12O. The lowest BCUT2D eigenvalue weighted by Gasteiger charge is -2.04. The topological polar surface area (TPSA) is 20.2 Å². The van der Waals surface area contributed by atoms with E-state index in [0.29, 0.717) is 5.75 Å². The molecule has 0 amide bonds. The van der Waals surface area contributed by atoms with Crippen molar-refractivity contribution in [3.63, 3.8) is 0 Å². The summed E-state index contributed by atoms with van der Waals surface area (Å²) >= 11 is 0. The molecule has 58 valence electrons. The third kappa shape index (κ3) is 1.61. The van der Waals surface area contributed by atoms with Crippen molar-refractivity contribution in [3.05, 3.63) is 42.0 Å². The average molecular weight is 148 g/mol. The lowest BCUT2D eigenvalue weighted by Crippen LogP contribution is -1.86. The van der Waals surface area contributed by atoms with Crippen molar-refractivity contribution in [1.82, 2.24) is 0 Å². The molecule has 0 unspecified atom stereocenters. The van der Waals surface area contributed by atoms with Gasteiger partial charge in [0.2, 0.25) is 0 Å². The predicted octanol–water partition coefficient (Wildman–Crippen LogP) is 2.43. The van der Waals surface area contributed by atoms with E-state index in [-0.39, 0.29) is 0 Å². The number of hydrogen-bond donors (Lipinski definition) is 1. The van der Waals surface area contributed by atoms with Crippen LogP contribution in [0.25, 0.3) is 0 Å². The first-order valence-corrected chi connectivity index (χ1v) is 3.64. The third-order valence-corrected chi connectivity index (χ3v) is 1.73. The summed E-state index contributed by atoms with van der Waals surface area (Å²) < 4.78 is 0. The fraction of sp³-hybridized carbons (Fsp3) is 0.200. The van der Waals surface area contributed by atoms with Gasteiger partial charge in [0.25, 0.3) is 0 Å². The Balaban J connectivity index is 3.09.